The number of piperazine rings is 1. The van der Waals surface area contributed by atoms with Gasteiger partial charge in [0, 0.05) is 37.5 Å². The van der Waals surface area contributed by atoms with Crippen molar-refractivity contribution in [3.8, 4) is 5.75 Å². The maximum atomic E-state index is 12.9. The van der Waals surface area contributed by atoms with Gasteiger partial charge in [-0.25, -0.2) is 9.97 Å². The maximum absolute atomic E-state index is 12.9. The van der Waals surface area contributed by atoms with Crippen LogP contribution in [0.15, 0.2) is 24.3 Å². The topological polar surface area (TPSA) is 58.6 Å². The molecule has 0 unspecified atom stereocenters. The van der Waals surface area contributed by atoms with Crippen LogP contribution in [0.3, 0.4) is 0 Å². The maximum Gasteiger partial charge on any atom is 0.227 e. The van der Waals surface area contributed by atoms with Gasteiger partial charge >= 0.3 is 0 Å². The first-order valence-electron chi connectivity index (χ1n) is 12.5. The lowest BCUT2D eigenvalue weighted by Gasteiger charge is -2.36. The van der Waals surface area contributed by atoms with E-state index < -0.39 is 0 Å². The van der Waals surface area contributed by atoms with E-state index in [9.17, 15) is 4.79 Å². The van der Waals surface area contributed by atoms with E-state index in [-0.39, 0.29) is 5.91 Å². The molecule has 3 aromatic rings. The molecule has 34 heavy (non-hydrogen) atoms. The molecule has 1 aliphatic heterocycles. The van der Waals surface area contributed by atoms with Crippen molar-refractivity contribution in [3.63, 3.8) is 0 Å². The number of ether oxygens (including phenoxy) is 1. The smallest absolute Gasteiger partial charge is 0.227 e. The molecule has 1 atom stereocenters. The largest absolute Gasteiger partial charge is 0.497 e. The van der Waals surface area contributed by atoms with Crippen molar-refractivity contribution in [3.05, 3.63) is 46.1 Å². The molecular formula is C27H34N4O2S. The lowest BCUT2D eigenvalue weighted by atomic mass is 9.89. The van der Waals surface area contributed by atoms with Crippen LogP contribution in [0.2, 0.25) is 0 Å². The Morgan fingerprint density at radius 1 is 1.15 bits per heavy atom. The Balaban J connectivity index is 1.34. The monoisotopic (exact) mass is 478 g/mol. The van der Waals surface area contributed by atoms with Crippen molar-refractivity contribution >= 4 is 33.3 Å². The highest BCUT2D eigenvalue weighted by molar-refractivity contribution is 7.19. The Hall–Kier alpha value is -2.67. The van der Waals surface area contributed by atoms with E-state index in [2.05, 4.69) is 18.7 Å². The number of methoxy groups -OCH3 is 1. The van der Waals surface area contributed by atoms with Crippen LogP contribution in [0.4, 0.5) is 5.82 Å². The van der Waals surface area contributed by atoms with Crippen LogP contribution in [0.5, 0.6) is 5.75 Å². The second-order valence-corrected chi connectivity index (χ2v) is 10.7. The second-order valence-electron chi connectivity index (χ2n) is 9.64. The summed E-state index contributed by atoms with van der Waals surface area (Å²) in [6.45, 7) is 7.62. The highest BCUT2D eigenvalue weighted by atomic mass is 32.1. The van der Waals surface area contributed by atoms with Gasteiger partial charge in [0.05, 0.1) is 18.9 Å². The molecule has 1 aromatic carbocycles. The fraction of sp³-hybridized carbons (Fsp3) is 0.519. The fourth-order valence-corrected chi connectivity index (χ4v) is 6.52. The van der Waals surface area contributed by atoms with Gasteiger partial charge in [-0.2, -0.15) is 0 Å². The lowest BCUT2D eigenvalue weighted by molar-refractivity contribution is -0.130. The minimum absolute atomic E-state index is 0.186. The van der Waals surface area contributed by atoms with Gasteiger partial charge in [0.1, 0.15) is 22.2 Å². The highest BCUT2D eigenvalue weighted by Gasteiger charge is 2.28. The molecule has 1 saturated heterocycles. The lowest BCUT2D eigenvalue weighted by Crippen LogP contribution is -2.49. The van der Waals surface area contributed by atoms with Crippen molar-refractivity contribution in [2.45, 2.75) is 52.4 Å². The Kier molecular flexibility index (Phi) is 6.73. The summed E-state index contributed by atoms with van der Waals surface area (Å²) < 4.78 is 5.22. The number of aryl methyl sites for hydroxylation is 2. The van der Waals surface area contributed by atoms with Crippen LogP contribution in [-0.2, 0) is 30.5 Å². The molecule has 7 heteroatoms. The number of carbonyl (C=O) groups excluding carboxylic acids is 1. The molecule has 0 spiro atoms. The summed E-state index contributed by atoms with van der Waals surface area (Å²) in [7, 11) is 1.66. The Labute approximate surface area is 206 Å². The number of hydrogen-bond donors (Lipinski definition) is 0. The minimum atomic E-state index is 0.186. The summed E-state index contributed by atoms with van der Waals surface area (Å²) in [5.74, 6) is 3.80. The first-order chi connectivity index (χ1) is 16.6. The minimum Gasteiger partial charge on any atom is -0.497 e. The summed E-state index contributed by atoms with van der Waals surface area (Å²) in [6, 6.07) is 7.77. The van der Waals surface area contributed by atoms with E-state index in [0.717, 1.165) is 85.6 Å². The third-order valence-corrected chi connectivity index (χ3v) is 8.25. The van der Waals surface area contributed by atoms with Crippen molar-refractivity contribution < 1.29 is 9.53 Å². The summed E-state index contributed by atoms with van der Waals surface area (Å²) in [6.07, 6.45) is 5.90. The number of nitrogens with zero attached hydrogens (tertiary/aromatic N) is 4. The average molecular weight is 479 g/mol. The molecule has 1 aliphatic carbocycles. The number of benzene rings is 1. The number of carbonyl (C=O) groups is 1. The van der Waals surface area contributed by atoms with Crippen LogP contribution in [0, 0.1) is 5.92 Å². The summed E-state index contributed by atoms with van der Waals surface area (Å²) >= 11 is 1.88. The zero-order valence-corrected chi connectivity index (χ0v) is 21.3. The normalized spacial score (nSPS) is 18.3. The van der Waals surface area contributed by atoms with E-state index in [1.165, 1.54) is 22.2 Å². The fourth-order valence-electron chi connectivity index (χ4n) is 5.13. The molecule has 180 valence electrons. The van der Waals surface area contributed by atoms with Gasteiger partial charge in [0.15, 0.2) is 0 Å². The van der Waals surface area contributed by atoms with E-state index in [1.54, 1.807) is 7.11 Å². The molecular weight excluding hydrogens is 444 g/mol. The van der Waals surface area contributed by atoms with Gasteiger partial charge in [0.2, 0.25) is 5.91 Å². The second kappa shape index (κ2) is 9.90. The van der Waals surface area contributed by atoms with Crippen LogP contribution in [-0.4, -0.2) is 54.1 Å². The number of aromatic nitrogens is 2. The first kappa shape index (κ1) is 23.1. The molecule has 1 fully saturated rings. The Bertz CT molecular complexity index is 1170. The molecule has 5 rings (SSSR count). The highest BCUT2D eigenvalue weighted by Crippen LogP contribution is 2.41. The van der Waals surface area contributed by atoms with Gasteiger partial charge in [0.25, 0.3) is 0 Å². The van der Waals surface area contributed by atoms with Crippen LogP contribution in [0.25, 0.3) is 10.2 Å². The third-order valence-electron chi connectivity index (χ3n) is 7.10. The first-order valence-corrected chi connectivity index (χ1v) is 13.3. The Morgan fingerprint density at radius 3 is 2.62 bits per heavy atom. The van der Waals surface area contributed by atoms with Gasteiger partial charge < -0.3 is 14.5 Å². The predicted molar refractivity (Wildman–Crippen MR) is 138 cm³/mol. The zero-order valence-electron chi connectivity index (χ0n) is 20.5. The molecule has 3 heterocycles. The third kappa shape index (κ3) is 4.63. The van der Waals surface area contributed by atoms with Crippen LogP contribution >= 0.6 is 11.3 Å². The number of anilines is 1. The van der Waals surface area contributed by atoms with E-state index in [0.29, 0.717) is 6.42 Å². The number of fused-ring (bicyclic) bond motifs is 3. The van der Waals surface area contributed by atoms with Crippen molar-refractivity contribution in [2.75, 3.05) is 38.2 Å². The van der Waals surface area contributed by atoms with Crippen molar-refractivity contribution in [1.29, 1.82) is 0 Å². The molecule has 6 nitrogen and oxygen atoms in total. The van der Waals surface area contributed by atoms with Gasteiger partial charge in [-0.3, -0.25) is 4.79 Å². The standard InChI is InChI=1S/C27H34N4O2S/c1-4-5-23-28-26(25-21-11-6-18(2)16-22(21)34-27(25)29-23)31-14-12-30(13-15-31)24(32)17-19-7-9-20(33-3)10-8-19/h7-10,18H,4-6,11-17H2,1-3H3/t18-/m0/s1. The van der Waals surface area contributed by atoms with E-state index in [1.807, 2.05) is 40.5 Å². The summed E-state index contributed by atoms with van der Waals surface area (Å²) in [5, 5.41) is 1.28. The number of amides is 1. The quantitative estimate of drug-likeness (QED) is 0.515. The van der Waals surface area contributed by atoms with Gasteiger partial charge in [-0.05, 0) is 54.9 Å². The number of hydrogen-bond acceptors (Lipinski definition) is 6. The summed E-state index contributed by atoms with van der Waals surface area (Å²) in [4.78, 5) is 30.0. The van der Waals surface area contributed by atoms with Crippen LogP contribution < -0.4 is 9.64 Å². The molecule has 2 aliphatic rings. The Morgan fingerprint density at radius 2 is 1.91 bits per heavy atom. The SMILES string of the molecule is CCCc1nc(N2CCN(C(=O)Cc3ccc(OC)cc3)CC2)c2c3c(sc2n1)C[C@@H](C)CC3. The van der Waals surface area contributed by atoms with E-state index in [4.69, 9.17) is 14.7 Å². The van der Waals surface area contributed by atoms with Gasteiger partial charge in [-0.15, -0.1) is 11.3 Å². The van der Waals surface area contributed by atoms with Crippen molar-refractivity contribution in [2.24, 2.45) is 5.92 Å². The molecule has 0 N–H and O–H groups in total. The number of thiophene rings is 1. The van der Waals surface area contributed by atoms with E-state index >= 15 is 0 Å². The predicted octanol–water partition coefficient (Wildman–Crippen LogP) is 4.67. The van der Waals surface area contributed by atoms with Gasteiger partial charge in [-0.1, -0.05) is 26.0 Å². The molecule has 0 radical (unpaired) electrons. The molecule has 0 bridgehead atoms. The summed E-state index contributed by atoms with van der Waals surface area (Å²) in [5.41, 5.74) is 2.50. The van der Waals surface area contributed by atoms with Crippen LogP contribution in [0.1, 0.15) is 48.5 Å². The zero-order chi connectivity index (χ0) is 23.7. The molecule has 2 aromatic heterocycles. The molecule has 1 amide bonds. The van der Waals surface area contributed by atoms with Crippen molar-refractivity contribution in [1.82, 2.24) is 14.9 Å². The average Bonchev–Trinajstić information content (AvgIpc) is 3.21. The number of rotatable bonds is 6. The molecule has 0 saturated carbocycles.